The highest BCUT2D eigenvalue weighted by Crippen LogP contribution is 2.28. The van der Waals surface area contributed by atoms with Crippen molar-refractivity contribution in [3.8, 4) is 11.3 Å². The number of hydrogen-bond acceptors (Lipinski definition) is 4. The van der Waals surface area contributed by atoms with E-state index >= 15 is 0 Å². The summed E-state index contributed by atoms with van der Waals surface area (Å²) in [5.74, 6) is 1.11. The first-order valence-corrected chi connectivity index (χ1v) is 10.5. The predicted molar refractivity (Wildman–Crippen MR) is 107 cm³/mol. The van der Waals surface area contributed by atoms with Gasteiger partial charge in [0.2, 0.25) is 5.91 Å². The van der Waals surface area contributed by atoms with Gasteiger partial charge >= 0.3 is 0 Å². The minimum absolute atomic E-state index is 0.0606. The highest BCUT2D eigenvalue weighted by Gasteiger charge is 2.46. The Bertz CT molecular complexity index is 1000. The molecule has 2 N–H and O–H groups in total. The van der Waals surface area contributed by atoms with Crippen LogP contribution in [0.5, 0.6) is 0 Å². The van der Waals surface area contributed by atoms with Crippen LogP contribution in [0, 0.1) is 17.7 Å². The lowest BCUT2D eigenvalue weighted by Crippen LogP contribution is -3.20. The van der Waals surface area contributed by atoms with E-state index in [1.807, 2.05) is 23.0 Å². The number of fused-ring (bicyclic) bond motifs is 3. The largest absolute Gasteiger partial charge is 0.467 e. The minimum Gasteiger partial charge on any atom is -0.467 e. The van der Waals surface area contributed by atoms with Crippen molar-refractivity contribution in [2.75, 3.05) is 13.1 Å². The van der Waals surface area contributed by atoms with Crippen LogP contribution in [0.1, 0.15) is 18.6 Å². The van der Waals surface area contributed by atoms with Gasteiger partial charge in [0.15, 0.2) is 0 Å². The summed E-state index contributed by atoms with van der Waals surface area (Å²) in [5, 5.41) is 11.5. The van der Waals surface area contributed by atoms with Gasteiger partial charge in [0, 0.05) is 18.4 Å². The molecule has 30 heavy (non-hydrogen) atoms. The summed E-state index contributed by atoms with van der Waals surface area (Å²) >= 11 is 0. The number of carbonyl (C=O) groups is 1. The lowest BCUT2D eigenvalue weighted by Gasteiger charge is -2.46. The highest BCUT2D eigenvalue weighted by atomic mass is 19.1. The van der Waals surface area contributed by atoms with Crippen LogP contribution < -0.4 is 10.2 Å². The quantitative estimate of drug-likeness (QED) is 0.642. The molecule has 156 valence electrons. The molecule has 0 radical (unpaired) electrons. The molecule has 5 heterocycles. The smallest absolute Gasteiger partial charge is 0.229 e. The second-order valence-corrected chi connectivity index (χ2v) is 8.33. The molecule has 0 spiro atoms. The number of hydrogen-bond donors (Lipinski definition) is 2. The van der Waals surface area contributed by atoms with E-state index in [4.69, 9.17) is 4.42 Å². The van der Waals surface area contributed by atoms with Crippen LogP contribution in [0.4, 0.5) is 4.39 Å². The molecular formula is C22H25FN5O2+. The third-order valence-corrected chi connectivity index (χ3v) is 6.49. The van der Waals surface area contributed by atoms with Crippen LogP contribution in [0.3, 0.4) is 0 Å². The Morgan fingerprint density at radius 2 is 2.17 bits per heavy atom. The lowest BCUT2D eigenvalue weighted by molar-refractivity contribution is -0.945. The molecule has 0 aliphatic carbocycles. The fourth-order valence-electron chi connectivity index (χ4n) is 4.90. The molecule has 4 atom stereocenters. The molecule has 1 aromatic carbocycles. The number of benzene rings is 1. The third-order valence-electron chi connectivity index (χ3n) is 6.49. The molecule has 3 fully saturated rings. The molecule has 6 rings (SSSR count). The van der Waals surface area contributed by atoms with E-state index in [0.29, 0.717) is 18.5 Å². The molecular weight excluding hydrogens is 385 g/mol. The van der Waals surface area contributed by atoms with Crippen molar-refractivity contribution in [2.45, 2.75) is 32.0 Å². The monoisotopic (exact) mass is 410 g/mol. The number of piperidine rings is 3. The van der Waals surface area contributed by atoms with Gasteiger partial charge in [-0.2, -0.15) is 0 Å². The molecule has 3 saturated heterocycles. The molecule has 3 aliphatic rings. The van der Waals surface area contributed by atoms with Gasteiger partial charge in [-0.15, -0.1) is 5.10 Å². The van der Waals surface area contributed by atoms with Crippen LogP contribution in [0.25, 0.3) is 11.3 Å². The lowest BCUT2D eigenvalue weighted by atomic mass is 9.75. The van der Waals surface area contributed by atoms with E-state index in [9.17, 15) is 9.18 Å². The molecule has 0 saturated carbocycles. The number of nitrogens with zero attached hydrogens (tertiary/aromatic N) is 3. The summed E-state index contributed by atoms with van der Waals surface area (Å²) in [7, 11) is 0. The van der Waals surface area contributed by atoms with Crippen LogP contribution in [0.15, 0.2) is 53.3 Å². The van der Waals surface area contributed by atoms with Crippen molar-refractivity contribution in [1.82, 2.24) is 20.3 Å². The van der Waals surface area contributed by atoms with Crippen molar-refractivity contribution in [1.29, 1.82) is 0 Å². The van der Waals surface area contributed by atoms with E-state index in [1.54, 1.807) is 18.4 Å². The Morgan fingerprint density at radius 3 is 2.90 bits per heavy atom. The Labute approximate surface area is 173 Å². The van der Waals surface area contributed by atoms with E-state index in [2.05, 4.69) is 15.6 Å². The summed E-state index contributed by atoms with van der Waals surface area (Å²) in [6.45, 7) is 3.18. The number of quaternary nitrogens is 1. The number of halogens is 1. The standard InChI is InChI=1S/C22H24FN5O2/c23-17-5-3-15(4-6-17)21-14-28(26-25-21)12-18-10-16-7-8-27(18)13-20(16)22(29)24-11-19-2-1-9-30-19/h1-6,9,14,16,18,20H,7-8,10-13H2,(H,24,29)/p+1/t16-,18+,20-/m0/s1. The maximum Gasteiger partial charge on any atom is 0.229 e. The molecule has 2 bridgehead atoms. The molecule has 1 amide bonds. The molecule has 3 aliphatic heterocycles. The predicted octanol–water partition coefficient (Wildman–Crippen LogP) is 1.29. The van der Waals surface area contributed by atoms with Crippen LogP contribution in [0.2, 0.25) is 0 Å². The SMILES string of the molecule is O=C(NCc1ccco1)[C@H]1C[NH+]2CC[C@H]1C[C@@H]2Cn1cc(-c2ccc(F)cc2)nn1. The normalized spacial score (nSPS) is 25.4. The van der Waals surface area contributed by atoms with Crippen LogP contribution in [-0.4, -0.2) is 40.0 Å². The first-order valence-electron chi connectivity index (χ1n) is 10.5. The summed E-state index contributed by atoms with van der Waals surface area (Å²) in [5.41, 5.74) is 1.60. The molecule has 7 nitrogen and oxygen atoms in total. The minimum atomic E-state index is -0.261. The van der Waals surface area contributed by atoms with Gasteiger partial charge in [-0.05, 0) is 42.3 Å². The van der Waals surface area contributed by atoms with Gasteiger partial charge < -0.3 is 14.6 Å². The van der Waals surface area contributed by atoms with Gasteiger partial charge in [0.25, 0.3) is 0 Å². The number of nitrogens with one attached hydrogen (secondary N) is 2. The topological polar surface area (TPSA) is 77.4 Å². The van der Waals surface area contributed by atoms with Gasteiger partial charge in [0.1, 0.15) is 23.3 Å². The van der Waals surface area contributed by atoms with E-state index in [0.717, 1.165) is 49.5 Å². The van der Waals surface area contributed by atoms with Crippen molar-refractivity contribution >= 4 is 5.91 Å². The second-order valence-electron chi connectivity index (χ2n) is 8.33. The number of carbonyl (C=O) groups excluding carboxylic acids is 1. The zero-order valence-electron chi connectivity index (χ0n) is 16.6. The Morgan fingerprint density at radius 1 is 1.30 bits per heavy atom. The average molecular weight is 410 g/mol. The molecule has 3 aromatic rings. The summed E-state index contributed by atoms with van der Waals surface area (Å²) in [4.78, 5) is 14.2. The maximum atomic E-state index is 13.1. The zero-order chi connectivity index (χ0) is 20.5. The number of aromatic nitrogens is 3. The maximum absolute atomic E-state index is 13.1. The molecule has 2 aromatic heterocycles. The molecule has 1 unspecified atom stereocenters. The van der Waals surface area contributed by atoms with Gasteiger partial charge in [-0.3, -0.25) is 4.79 Å². The van der Waals surface area contributed by atoms with Crippen molar-refractivity contribution in [3.05, 3.63) is 60.4 Å². The second kappa shape index (κ2) is 8.02. The Hall–Kier alpha value is -3.00. The van der Waals surface area contributed by atoms with Gasteiger partial charge in [0.05, 0.1) is 44.6 Å². The molecule has 8 heteroatoms. The summed E-state index contributed by atoms with van der Waals surface area (Å²) in [6, 6.07) is 10.4. The Balaban J connectivity index is 1.19. The fourth-order valence-corrected chi connectivity index (χ4v) is 4.90. The van der Waals surface area contributed by atoms with Crippen molar-refractivity contribution in [2.24, 2.45) is 11.8 Å². The first-order chi connectivity index (χ1) is 14.7. The van der Waals surface area contributed by atoms with E-state index in [-0.39, 0.29) is 17.6 Å². The summed E-state index contributed by atoms with van der Waals surface area (Å²) in [6.07, 6.45) is 5.64. The first kappa shape index (κ1) is 19.0. The zero-order valence-corrected chi connectivity index (χ0v) is 16.6. The van der Waals surface area contributed by atoms with Crippen molar-refractivity contribution in [3.63, 3.8) is 0 Å². The third kappa shape index (κ3) is 3.87. The van der Waals surface area contributed by atoms with Crippen molar-refractivity contribution < 1.29 is 18.5 Å². The highest BCUT2D eigenvalue weighted by molar-refractivity contribution is 5.79. The van der Waals surface area contributed by atoms with Gasteiger partial charge in [-0.25, -0.2) is 9.07 Å². The summed E-state index contributed by atoms with van der Waals surface area (Å²) < 4.78 is 20.3. The number of rotatable bonds is 6. The van der Waals surface area contributed by atoms with E-state index in [1.165, 1.54) is 17.0 Å². The van der Waals surface area contributed by atoms with Crippen LogP contribution in [-0.2, 0) is 17.9 Å². The van der Waals surface area contributed by atoms with Gasteiger partial charge in [-0.1, -0.05) is 5.21 Å². The average Bonchev–Trinajstić information content (AvgIpc) is 3.45. The fraction of sp³-hybridized carbons (Fsp3) is 0.409. The Kier molecular flexibility index (Phi) is 5.08. The number of furan rings is 1. The van der Waals surface area contributed by atoms with E-state index < -0.39 is 0 Å². The van der Waals surface area contributed by atoms with Crippen LogP contribution >= 0.6 is 0 Å². The number of amides is 1.